The Kier molecular flexibility index (Phi) is 4.00. The molecular formula is C14H20FNO. The molecule has 0 amide bonds. The van der Waals surface area contributed by atoms with Crippen LogP contribution in [0.2, 0.25) is 0 Å². The highest BCUT2D eigenvalue weighted by molar-refractivity contribution is 5.30. The van der Waals surface area contributed by atoms with Gasteiger partial charge in [0.25, 0.3) is 0 Å². The number of ether oxygens (including phenoxy) is 1. The van der Waals surface area contributed by atoms with Gasteiger partial charge in [-0.25, -0.2) is 4.39 Å². The first-order valence-corrected chi connectivity index (χ1v) is 6.36. The molecule has 0 bridgehead atoms. The SMILES string of the molecule is CC(N)Cc1ccc(OC2CCCC2)c(F)c1. The van der Waals surface area contributed by atoms with E-state index in [4.69, 9.17) is 10.5 Å². The van der Waals surface area contributed by atoms with Crippen molar-refractivity contribution in [1.82, 2.24) is 0 Å². The van der Waals surface area contributed by atoms with E-state index < -0.39 is 0 Å². The molecule has 3 heteroatoms. The molecule has 0 aromatic heterocycles. The highest BCUT2D eigenvalue weighted by Gasteiger charge is 2.18. The summed E-state index contributed by atoms with van der Waals surface area (Å²) in [5.74, 6) is 0.111. The minimum absolute atomic E-state index is 0.0519. The van der Waals surface area contributed by atoms with Crippen LogP contribution in [0.25, 0.3) is 0 Å². The van der Waals surface area contributed by atoms with Crippen LogP contribution in [0.5, 0.6) is 5.75 Å². The van der Waals surface area contributed by atoms with E-state index in [0.29, 0.717) is 12.2 Å². The van der Waals surface area contributed by atoms with Crippen molar-refractivity contribution in [1.29, 1.82) is 0 Å². The minimum atomic E-state index is -0.268. The molecule has 1 atom stereocenters. The smallest absolute Gasteiger partial charge is 0.165 e. The summed E-state index contributed by atoms with van der Waals surface area (Å²) in [4.78, 5) is 0. The number of nitrogens with two attached hydrogens (primary N) is 1. The topological polar surface area (TPSA) is 35.2 Å². The van der Waals surface area contributed by atoms with E-state index in [1.807, 2.05) is 13.0 Å². The quantitative estimate of drug-likeness (QED) is 0.873. The van der Waals surface area contributed by atoms with Gasteiger partial charge >= 0.3 is 0 Å². The molecule has 0 radical (unpaired) electrons. The van der Waals surface area contributed by atoms with Crippen molar-refractivity contribution >= 4 is 0 Å². The second kappa shape index (κ2) is 5.50. The third kappa shape index (κ3) is 3.43. The Balaban J connectivity index is 2.03. The molecule has 2 nitrogen and oxygen atoms in total. The van der Waals surface area contributed by atoms with Gasteiger partial charge in [0.2, 0.25) is 0 Å². The Bertz CT molecular complexity index is 372. The highest BCUT2D eigenvalue weighted by atomic mass is 19.1. The molecule has 2 rings (SSSR count). The first kappa shape index (κ1) is 12.4. The maximum absolute atomic E-state index is 13.8. The van der Waals surface area contributed by atoms with Crippen LogP contribution in [-0.4, -0.2) is 12.1 Å². The Morgan fingerprint density at radius 1 is 1.41 bits per heavy atom. The lowest BCUT2D eigenvalue weighted by atomic mass is 10.1. The Morgan fingerprint density at radius 3 is 2.71 bits per heavy atom. The van der Waals surface area contributed by atoms with Gasteiger partial charge in [-0.1, -0.05) is 6.07 Å². The summed E-state index contributed by atoms with van der Waals surface area (Å²) in [7, 11) is 0. The van der Waals surface area contributed by atoms with Crippen LogP contribution < -0.4 is 10.5 Å². The van der Waals surface area contributed by atoms with Crippen molar-refractivity contribution in [2.24, 2.45) is 5.73 Å². The summed E-state index contributed by atoms with van der Waals surface area (Å²) in [5.41, 5.74) is 6.62. The Morgan fingerprint density at radius 2 is 2.12 bits per heavy atom. The van der Waals surface area contributed by atoms with Crippen LogP contribution in [0.4, 0.5) is 4.39 Å². The van der Waals surface area contributed by atoms with E-state index in [1.165, 1.54) is 18.9 Å². The molecule has 17 heavy (non-hydrogen) atoms. The third-order valence-electron chi connectivity index (χ3n) is 3.15. The average Bonchev–Trinajstić information content (AvgIpc) is 2.74. The minimum Gasteiger partial charge on any atom is -0.487 e. The molecule has 0 spiro atoms. The van der Waals surface area contributed by atoms with Crippen molar-refractivity contribution in [3.8, 4) is 5.75 Å². The molecule has 1 saturated carbocycles. The lowest BCUT2D eigenvalue weighted by Crippen LogP contribution is -2.18. The summed E-state index contributed by atoms with van der Waals surface area (Å²) in [6.45, 7) is 1.92. The molecule has 0 saturated heterocycles. The third-order valence-corrected chi connectivity index (χ3v) is 3.15. The Labute approximate surface area is 102 Å². The van der Waals surface area contributed by atoms with Crippen LogP contribution in [0, 0.1) is 5.82 Å². The van der Waals surface area contributed by atoms with Crippen LogP contribution in [-0.2, 0) is 6.42 Å². The Hall–Kier alpha value is -1.09. The lowest BCUT2D eigenvalue weighted by Gasteiger charge is -2.14. The van der Waals surface area contributed by atoms with E-state index in [2.05, 4.69) is 0 Å². The second-order valence-electron chi connectivity index (χ2n) is 4.97. The van der Waals surface area contributed by atoms with Gasteiger partial charge in [-0.05, 0) is 56.7 Å². The normalized spacial score (nSPS) is 18.3. The molecule has 0 aliphatic heterocycles. The molecule has 0 heterocycles. The molecule has 2 N–H and O–H groups in total. The van der Waals surface area contributed by atoms with E-state index in [9.17, 15) is 4.39 Å². The van der Waals surface area contributed by atoms with Crippen molar-refractivity contribution in [3.63, 3.8) is 0 Å². The fourth-order valence-corrected chi connectivity index (χ4v) is 2.32. The summed E-state index contributed by atoms with van der Waals surface area (Å²) in [6, 6.07) is 5.21. The summed E-state index contributed by atoms with van der Waals surface area (Å²) < 4.78 is 19.4. The van der Waals surface area contributed by atoms with Gasteiger partial charge in [0.15, 0.2) is 11.6 Å². The van der Waals surface area contributed by atoms with E-state index in [0.717, 1.165) is 18.4 Å². The van der Waals surface area contributed by atoms with Crippen LogP contribution in [0.3, 0.4) is 0 Å². The largest absolute Gasteiger partial charge is 0.487 e. The number of benzene rings is 1. The van der Waals surface area contributed by atoms with E-state index >= 15 is 0 Å². The fraction of sp³-hybridized carbons (Fsp3) is 0.571. The summed E-state index contributed by atoms with van der Waals surface area (Å²) in [5, 5.41) is 0. The number of hydrogen-bond acceptors (Lipinski definition) is 2. The molecular weight excluding hydrogens is 217 g/mol. The van der Waals surface area contributed by atoms with Crippen molar-refractivity contribution < 1.29 is 9.13 Å². The standard InChI is InChI=1S/C14H20FNO/c1-10(16)8-11-6-7-14(13(15)9-11)17-12-4-2-3-5-12/h6-7,9-10,12H,2-5,8,16H2,1H3. The van der Waals surface area contributed by atoms with Crippen LogP contribution in [0.1, 0.15) is 38.2 Å². The fourth-order valence-electron chi connectivity index (χ4n) is 2.32. The van der Waals surface area contributed by atoms with Crippen LogP contribution in [0.15, 0.2) is 18.2 Å². The van der Waals surface area contributed by atoms with Gasteiger partial charge in [-0.15, -0.1) is 0 Å². The predicted octanol–water partition coefficient (Wildman–Crippen LogP) is 3.04. The molecule has 1 aromatic rings. The van der Waals surface area contributed by atoms with E-state index in [-0.39, 0.29) is 18.0 Å². The lowest BCUT2D eigenvalue weighted by molar-refractivity contribution is 0.200. The summed E-state index contributed by atoms with van der Waals surface area (Å²) in [6.07, 6.45) is 5.36. The maximum atomic E-state index is 13.8. The van der Waals surface area contributed by atoms with Gasteiger partial charge in [-0.3, -0.25) is 0 Å². The van der Waals surface area contributed by atoms with Gasteiger partial charge < -0.3 is 10.5 Å². The van der Waals surface area contributed by atoms with Crippen molar-refractivity contribution in [3.05, 3.63) is 29.6 Å². The summed E-state index contributed by atoms with van der Waals surface area (Å²) >= 11 is 0. The van der Waals surface area contributed by atoms with Crippen LogP contribution >= 0.6 is 0 Å². The van der Waals surface area contributed by atoms with Gasteiger partial charge in [-0.2, -0.15) is 0 Å². The molecule has 1 unspecified atom stereocenters. The zero-order chi connectivity index (χ0) is 12.3. The van der Waals surface area contributed by atoms with E-state index in [1.54, 1.807) is 6.07 Å². The number of halogens is 1. The van der Waals surface area contributed by atoms with Gasteiger partial charge in [0.05, 0.1) is 6.10 Å². The zero-order valence-corrected chi connectivity index (χ0v) is 10.3. The molecule has 1 aromatic carbocycles. The van der Waals surface area contributed by atoms with Gasteiger partial charge in [0, 0.05) is 6.04 Å². The molecule has 1 fully saturated rings. The van der Waals surface area contributed by atoms with Gasteiger partial charge in [0.1, 0.15) is 0 Å². The molecule has 1 aliphatic rings. The number of hydrogen-bond donors (Lipinski definition) is 1. The predicted molar refractivity (Wildman–Crippen MR) is 66.6 cm³/mol. The monoisotopic (exact) mass is 237 g/mol. The maximum Gasteiger partial charge on any atom is 0.165 e. The van der Waals surface area contributed by atoms with Crippen molar-refractivity contribution in [2.45, 2.75) is 51.2 Å². The first-order valence-electron chi connectivity index (χ1n) is 6.36. The highest BCUT2D eigenvalue weighted by Crippen LogP contribution is 2.26. The molecule has 1 aliphatic carbocycles. The first-order chi connectivity index (χ1) is 8.15. The zero-order valence-electron chi connectivity index (χ0n) is 10.3. The second-order valence-corrected chi connectivity index (χ2v) is 4.97. The number of rotatable bonds is 4. The molecule has 94 valence electrons. The average molecular weight is 237 g/mol. The van der Waals surface area contributed by atoms with Crippen molar-refractivity contribution in [2.75, 3.05) is 0 Å².